The predicted molar refractivity (Wildman–Crippen MR) is 75.7 cm³/mol. The van der Waals surface area contributed by atoms with Crippen molar-refractivity contribution in [2.45, 2.75) is 46.7 Å². The lowest BCUT2D eigenvalue weighted by molar-refractivity contribution is 0.585. The summed E-state index contributed by atoms with van der Waals surface area (Å²) in [6, 6.07) is 0. The number of imidazole rings is 1. The Balaban J connectivity index is 2.30. The molecule has 0 aromatic carbocycles. The van der Waals surface area contributed by atoms with Gasteiger partial charge in [-0.25, -0.2) is 4.98 Å². The lowest BCUT2D eigenvalue weighted by Gasteiger charge is -2.09. The van der Waals surface area contributed by atoms with Gasteiger partial charge in [-0.1, -0.05) is 6.92 Å². The second kappa shape index (κ2) is 5.69. The number of aryl methyl sites for hydroxylation is 3. The van der Waals surface area contributed by atoms with E-state index in [1.807, 2.05) is 19.3 Å². The third-order valence-corrected chi connectivity index (χ3v) is 4.08. The van der Waals surface area contributed by atoms with Gasteiger partial charge < -0.3 is 4.57 Å². The molecule has 0 spiro atoms. The molecule has 18 heavy (non-hydrogen) atoms. The number of aromatic nitrogens is 4. The second-order valence-electron chi connectivity index (χ2n) is 4.38. The molecule has 2 aromatic rings. The van der Waals surface area contributed by atoms with Crippen molar-refractivity contribution in [1.82, 2.24) is 19.3 Å². The van der Waals surface area contributed by atoms with Crippen LogP contribution in [0.15, 0.2) is 16.9 Å². The third kappa shape index (κ3) is 2.51. The van der Waals surface area contributed by atoms with Gasteiger partial charge in [-0.2, -0.15) is 5.10 Å². The minimum Gasteiger partial charge on any atom is -0.329 e. The SMILES string of the molecule is CCCc1nccn1Cc1c(Br)c(C)nn1CC. The minimum atomic E-state index is 0.824. The highest BCUT2D eigenvalue weighted by molar-refractivity contribution is 9.10. The van der Waals surface area contributed by atoms with E-state index >= 15 is 0 Å². The Morgan fingerprint density at radius 1 is 1.33 bits per heavy atom. The summed E-state index contributed by atoms with van der Waals surface area (Å²) in [5.74, 6) is 1.14. The summed E-state index contributed by atoms with van der Waals surface area (Å²) in [5.41, 5.74) is 2.26. The number of halogens is 1. The molecule has 0 amide bonds. The van der Waals surface area contributed by atoms with E-state index in [-0.39, 0.29) is 0 Å². The van der Waals surface area contributed by atoms with Crippen molar-refractivity contribution in [2.75, 3.05) is 0 Å². The van der Waals surface area contributed by atoms with E-state index in [1.165, 1.54) is 5.69 Å². The van der Waals surface area contributed by atoms with Crippen LogP contribution in [0.2, 0.25) is 0 Å². The molecule has 4 nitrogen and oxygen atoms in total. The first-order valence-corrected chi connectivity index (χ1v) is 7.18. The predicted octanol–water partition coefficient (Wildman–Crippen LogP) is 3.17. The van der Waals surface area contributed by atoms with Gasteiger partial charge in [0.2, 0.25) is 0 Å². The number of hydrogen-bond donors (Lipinski definition) is 0. The molecule has 0 N–H and O–H groups in total. The normalized spacial score (nSPS) is 11.1. The molecule has 5 heteroatoms. The number of hydrogen-bond acceptors (Lipinski definition) is 2. The van der Waals surface area contributed by atoms with Gasteiger partial charge in [-0.05, 0) is 36.2 Å². The van der Waals surface area contributed by atoms with Gasteiger partial charge in [0.1, 0.15) is 5.82 Å². The van der Waals surface area contributed by atoms with Gasteiger partial charge >= 0.3 is 0 Å². The largest absolute Gasteiger partial charge is 0.329 e. The van der Waals surface area contributed by atoms with Crippen molar-refractivity contribution < 1.29 is 0 Å². The maximum atomic E-state index is 4.52. The van der Waals surface area contributed by atoms with Gasteiger partial charge in [-0.3, -0.25) is 4.68 Å². The van der Waals surface area contributed by atoms with Crippen molar-refractivity contribution in [3.05, 3.63) is 34.1 Å². The van der Waals surface area contributed by atoms with E-state index in [0.29, 0.717) is 0 Å². The standard InChI is InChI=1S/C13H19BrN4/c1-4-6-12-15-7-8-17(12)9-11-13(14)10(3)16-18(11)5-2/h7-8H,4-6,9H2,1-3H3. The monoisotopic (exact) mass is 310 g/mol. The lowest BCUT2D eigenvalue weighted by atomic mass is 10.3. The molecule has 0 saturated heterocycles. The minimum absolute atomic E-state index is 0.824. The van der Waals surface area contributed by atoms with Crippen LogP contribution < -0.4 is 0 Å². The summed E-state index contributed by atoms with van der Waals surface area (Å²) < 4.78 is 5.37. The van der Waals surface area contributed by atoms with E-state index in [9.17, 15) is 0 Å². The Morgan fingerprint density at radius 3 is 2.78 bits per heavy atom. The molecule has 0 atom stereocenters. The maximum Gasteiger partial charge on any atom is 0.108 e. The van der Waals surface area contributed by atoms with E-state index < -0.39 is 0 Å². The summed E-state index contributed by atoms with van der Waals surface area (Å²) in [6.45, 7) is 8.03. The van der Waals surface area contributed by atoms with Crippen LogP contribution in [0.25, 0.3) is 0 Å². The van der Waals surface area contributed by atoms with Gasteiger partial charge in [-0.15, -0.1) is 0 Å². The fourth-order valence-electron chi connectivity index (χ4n) is 2.12. The van der Waals surface area contributed by atoms with Crippen molar-refractivity contribution in [3.63, 3.8) is 0 Å². The van der Waals surface area contributed by atoms with Crippen LogP contribution in [0.3, 0.4) is 0 Å². The zero-order valence-corrected chi connectivity index (χ0v) is 12.7. The average Bonchev–Trinajstić information content (AvgIpc) is 2.90. The molecule has 2 heterocycles. The van der Waals surface area contributed by atoms with Crippen LogP contribution in [0.1, 0.15) is 37.5 Å². The van der Waals surface area contributed by atoms with Crippen LogP contribution in [0.4, 0.5) is 0 Å². The zero-order valence-electron chi connectivity index (χ0n) is 11.1. The zero-order chi connectivity index (χ0) is 13.1. The smallest absolute Gasteiger partial charge is 0.108 e. The van der Waals surface area contributed by atoms with E-state index in [4.69, 9.17) is 0 Å². The molecule has 0 aliphatic heterocycles. The Bertz CT molecular complexity index is 527. The average molecular weight is 311 g/mol. The van der Waals surface area contributed by atoms with Crippen LogP contribution in [-0.4, -0.2) is 19.3 Å². The fraction of sp³-hybridized carbons (Fsp3) is 0.538. The fourth-order valence-corrected chi connectivity index (χ4v) is 2.53. The van der Waals surface area contributed by atoms with Crippen LogP contribution >= 0.6 is 15.9 Å². The lowest BCUT2D eigenvalue weighted by Crippen LogP contribution is -2.10. The van der Waals surface area contributed by atoms with Gasteiger partial charge in [0.15, 0.2) is 0 Å². The Kier molecular flexibility index (Phi) is 4.22. The van der Waals surface area contributed by atoms with Crippen LogP contribution in [0, 0.1) is 6.92 Å². The first kappa shape index (κ1) is 13.3. The topological polar surface area (TPSA) is 35.6 Å². The molecule has 0 fully saturated rings. The maximum absolute atomic E-state index is 4.52. The van der Waals surface area contributed by atoms with Crippen molar-refractivity contribution >= 4 is 15.9 Å². The molecule has 2 rings (SSSR count). The molecule has 0 radical (unpaired) electrons. The van der Waals surface area contributed by atoms with E-state index in [1.54, 1.807) is 0 Å². The van der Waals surface area contributed by atoms with Gasteiger partial charge in [0.05, 0.1) is 22.4 Å². The second-order valence-corrected chi connectivity index (χ2v) is 5.18. The van der Waals surface area contributed by atoms with Crippen molar-refractivity contribution in [2.24, 2.45) is 0 Å². The van der Waals surface area contributed by atoms with Crippen LogP contribution in [0.5, 0.6) is 0 Å². The molecule has 0 aliphatic carbocycles. The quantitative estimate of drug-likeness (QED) is 0.850. The highest BCUT2D eigenvalue weighted by atomic mass is 79.9. The van der Waals surface area contributed by atoms with E-state index in [2.05, 4.69) is 49.1 Å². The molecular formula is C13H19BrN4. The van der Waals surface area contributed by atoms with Crippen molar-refractivity contribution in [3.8, 4) is 0 Å². The Morgan fingerprint density at radius 2 is 2.11 bits per heavy atom. The van der Waals surface area contributed by atoms with Crippen LogP contribution in [-0.2, 0) is 19.5 Å². The summed E-state index contributed by atoms with van der Waals surface area (Å²) in [6.07, 6.45) is 6.05. The molecule has 98 valence electrons. The summed E-state index contributed by atoms with van der Waals surface area (Å²) >= 11 is 3.63. The first-order valence-electron chi connectivity index (χ1n) is 6.39. The molecule has 0 saturated carbocycles. The first-order chi connectivity index (χ1) is 8.67. The van der Waals surface area contributed by atoms with Gasteiger partial charge in [0.25, 0.3) is 0 Å². The Labute approximate surface area is 116 Å². The molecule has 0 aliphatic rings. The molecule has 2 aromatic heterocycles. The third-order valence-electron chi connectivity index (χ3n) is 3.05. The Hall–Kier alpha value is -1.10. The number of nitrogens with zero attached hydrogens (tertiary/aromatic N) is 4. The summed E-state index contributed by atoms with van der Waals surface area (Å²) in [7, 11) is 0. The highest BCUT2D eigenvalue weighted by Gasteiger charge is 2.13. The highest BCUT2D eigenvalue weighted by Crippen LogP contribution is 2.22. The molecular weight excluding hydrogens is 292 g/mol. The summed E-state index contributed by atoms with van der Waals surface area (Å²) in [4.78, 5) is 4.41. The van der Waals surface area contributed by atoms with E-state index in [0.717, 1.165) is 41.9 Å². The molecule has 0 bridgehead atoms. The van der Waals surface area contributed by atoms with Gasteiger partial charge in [0, 0.05) is 25.4 Å². The molecule has 0 unspecified atom stereocenters. The van der Waals surface area contributed by atoms with Crippen molar-refractivity contribution in [1.29, 1.82) is 0 Å². The summed E-state index contributed by atoms with van der Waals surface area (Å²) in [5, 5.41) is 4.52. The number of rotatable bonds is 5.